The molecule has 1 heteroatoms. The van der Waals surface area contributed by atoms with E-state index in [0.29, 0.717) is 6.04 Å². The summed E-state index contributed by atoms with van der Waals surface area (Å²) in [6, 6.07) is 7.63. The summed E-state index contributed by atoms with van der Waals surface area (Å²) < 4.78 is 0. The van der Waals surface area contributed by atoms with Crippen LogP contribution in [0.4, 0.5) is 0 Å². The van der Waals surface area contributed by atoms with Crippen molar-refractivity contribution in [3.8, 4) is 0 Å². The van der Waals surface area contributed by atoms with Crippen molar-refractivity contribution in [2.24, 2.45) is 0 Å². The van der Waals surface area contributed by atoms with E-state index in [0.717, 1.165) is 6.54 Å². The van der Waals surface area contributed by atoms with Gasteiger partial charge in [-0.05, 0) is 87.9 Å². The van der Waals surface area contributed by atoms with Gasteiger partial charge in [0, 0.05) is 6.04 Å². The molecule has 0 aliphatic heterocycles. The Morgan fingerprint density at radius 3 is 2.62 bits per heavy atom. The second kappa shape index (κ2) is 7.26. The largest absolute Gasteiger partial charge is 0.310 e. The number of allylic oxidation sites excluding steroid dienone is 1. The first-order valence-corrected chi connectivity index (χ1v) is 8.86. The van der Waals surface area contributed by atoms with Gasteiger partial charge in [0.15, 0.2) is 0 Å². The maximum Gasteiger partial charge on any atom is 0.0292 e. The predicted molar refractivity (Wildman–Crippen MR) is 90.7 cm³/mol. The molecule has 0 saturated heterocycles. The molecule has 0 amide bonds. The first kappa shape index (κ1) is 14.8. The molecule has 1 aromatic carbocycles. The first-order valence-electron chi connectivity index (χ1n) is 8.86. The average Bonchev–Trinajstić information content (AvgIpc) is 2.55. The number of benzene rings is 1. The molecule has 2 aliphatic rings. The Morgan fingerprint density at radius 1 is 1.00 bits per heavy atom. The van der Waals surface area contributed by atoms with Gasteiger partial charge < -0.3 is 5.32 Å². The van der Waals surface area contributed by atoms with Crippen LogP contribution in [0.25, 0.3) is 0 Å². The lowest BCUT2D eigenvalue weighted by molar-refractivity contribution is 0.561. The third-order valence-electron chi connectivity index (χ3n) is 5.15. The minimum absolute atomic E-state index is 0.474. The van der Waals surface area contributed by atoms with E-state index in [1.165, 1.54) is 63.4 Å². The van der Waals surface area contributed by atoms with Crippen molar-refractivity contribution in [2.45, 2.75) is 70.8 Å². The molecule has 0 fully saturated rings. The van der Waals surface area contributed by atoms with Gasteiger partial charge in [-0.2, -0.15) is 0 Å². The van der Waals surface area contributed by atoms with Crippen molar-refractivity contribution < 1.29 is 0 Å². The maximum absolute atomic E-state index is 3.71. The fourth-order valence-electron chi connectivity index (χ4n) is 3.72. The summed E-state index contributed by atoms with van der Waals surface area (Å²) in [5.74, 6) is 0. The zero-order chi connectivity index (χ0) is 14.5. The molecular weight excluding hydrogens is 254 g/mol. The molecule has 1 aromatic rings. The zero-order valence-electron chi connectivity index (χ0n) is 13.5. The summed E-state index contributed by atoms with van der Waals surface area (Å²) in [4.78, 5) is 0. The van der Waals surface area contributed by atoms with Crippen LogP contribution in [0, 0.1) is 0 Å². The van der Waals surface area contributed by atoms with Crippen LogP contribution in [0.2, 0.25) is 0 Å². The smallest absolute Gasteiger partial charge is 0.0292 e. The quantitative estimate of drug-likeness (QED) is 0.741. The van der Waals surface area contributed by atoms with E-state index in [1.807, 2.05) is 0 Å². The summed E-state index contributed by atoms with van der Waals surface area (Å²) in [5, 5.41) is 3.71. The molecule has 1 unspecified atom stereocenters. The Hall–Kier alpha value is -1.08. The van der Waals surface area contributed by atoms with E-state index in [9.17, 15) is 0 Å². The SMILES string of the molecule is CC(NCCC1=CCCCC1)c1ccc2c(c1)CCCC2. The molecule has 0 heterocycles. The van der Waals surface area contributed by atoms with E-state index >= 15 is 0 Å². The molecule has 0 aromatic heterocycles. The molecule has 0 spiro atoms. The number of aryl methyl sites for hydroxylation is 2. The van der Waals surface area contributed by atoms with Crippen LogP contribution in [0.15, 0.2) is 29.8 Å². The predicted octanol–water partition coefficient (Wildman–Crippen LogP) is 5.11. The van der Waals surface area contributed by atoms with Crippen molar-refractivity contribution in [1.29, 1.82) is 0 Å². The van der Waals surface area contributed by atoms with Crippen molar-refractivity contribution in [3.63, 3.8) is 0 Å². The highest BCUT2D eigenvalue weighted by atomic mass is 14.9. The summed E-state index contributed by atoms with van der Waals surface area (Å²) in [6.07, 6.45) is 14.4. The van der Waals surface area contributed by atoms with Crippen LogP contribution in [0.1, 0.15) is 74.6 Å². The molecule has 0 bridgehead atoms. The molecule has 2 aliphatic carbocycles. The van der Waals surface area contributed by atoms with Gasteiger partial charge in [0.1, 0.15) is 0 Å². The summed E-state index contributed by atoms with van der Waals surface area (Å²) in [7, 11) is 0. The van der Waals surface area contributed by atoms with Gasteiger partial charge in [-0.15, -0.1) is 0 Å². The molecule has 21 heavy (non-hydrogen) atoms. The van der Waals surface area contributed by atoms with Gasteiger partial charge >= 0.3 is 0 Å². The van der Waals surface area contributed by atoms with Gasteiger partial charge in [-0.1, -0.05) is 29.8 Å². The Bertz CT molecular complexity index is 501. The van der Waals surface area contributed by atoms with E-state index in [-0.39, 0.29) is 0 Å². The Morgan fingerprint density at radius 2 is 1.81 bits per heavy atom. The topological polar surface area (TPSA) is 12.0 Å². The van der Waals surface area contributed by atoms with Crippen LogP contribution in [-0.2, 0) is 12.8 Å². The van der Waals surface area contributed by atoms with E-state index in [1.54, 1.807) is 16.7 Å². The number of hydrogen-bond donors (Lipinski definition) is 1. The van der Waals surface area contributed by atoms with Gasteiger partial charge in [0.05, 0.1) is 0 Å². The lowest BCUT2D eigenvalue weighted by Crippen LogP contribution is -2.21. The lowest BCUT2D eigenvalue weighted by atomic mass is 9.89. The van der Waals surface area contributed by atoms with Crippen LogP contribution in [-0.4, -0.2) is 6.54 Å². The number of fused-ring (bicyclic) bond motifs is 1. The van der Waals surface area contributed by atoms with Crippen molar-refractivity contribution in [2.75, 3.05) is 6.54 Å². The van der Waals surface area contributed by atoms with Gasteiger partial charge in [0.2, 0.25) is 0 Å². The number of nitrogens with one attached hydrogen (secondary N) is 1. The van der Waals surface area contributed by atoms with Gasteiger partial charge in [0.25, 0.3) is 0 Å². The normalized spacial score (nSPS) is 19.8. The van der Waals surface area contributed by atoms with Gasteiger partial charge in [-0.25, -0.2) is 0 Å². The maximum atomic E-state index is 3.71. The Balaban J connectivity index is 1.52. The van der Waals surface area contributed by atoms with Crippen molar-refractivity contribution in [3.05, 3.63) is 46.5 Å². The Kier molecular flexibility index (Phi) is 5.13. The lowest BCUT2D eigenvalue weighted by Gasteiger charge is -2.20. The fourth-order valence-corrected chi connectivity index (χ4v) is 3.72. The van der Waals surface area contributed by atoms with E-state index in [2.05, 4.69) is 36.5 Å². The first-order chi connectivity index (χ1) is 10.3. The highest BCUT2D eigenvalue weighted by molar-refractivity contribution is 5.35. The third kappa shape index (κ3) is 3.97. The second-order valence-electron chi connectivity index (χ2n) is 6.77. The highest BCUT2D eigenvalue weighted by Gasteiger charge is 2.12. The van der Waals surface area contributed by atoms with Crippen LogP contribution in [0.3, 0.4) is 0 Å². The van der Waals surface area contributed by atoms with Crippen molar-refractivity contribution in [1.82, 2.24) is 5.32 Å². The van der Waals surface area contributed by atoms with E-state index < -0.39 is 0 Å². The summed E-state index contributed by atoms with van der Waals surface area (Å²) in [6.45, 7) is 3.42. The minimum atomic E-state index is 0.474. The third-order valence-corrected chi connectivity index (χ3v) is 5.15. The number of rotatable bonds is 5. The fraction of sp³-hybridized carbons (Fsp3) is 0.600. The molecule has 0 saturated carbocycles. The highest BCUT2D eigenvalue weighted by Crippen LogP contribution is 2.25. The molecule has 3 rings (SSSR count). The minimum Gasteiger partial charge on any atom is -0.310 e. The zero-order valence-corrected chi connectivity index (χ0v) is 13.5. The second-order valence-corrected chi connectivity index (χ2v) is 6.77. The standard InChI is InChI=1S/C20H29N/c1-16(21-14-13-17-7-3-2-4-8-17)19-12-11-18-9-5-6-10-20(18)15-19/h7,11-12,15-16,21H,2-6,8-10,13-14H2,1H3. The Labute approximate surface area is 129 Å². The van der Waals surface area contributed by atoms with Crippen LogP contribution >= 0.6 is 0 Å². The number of hydrogen-bond acceptors (Lipinski definition) is 1. The molecule has 1 nitrogen and oxygen atoms in total. The van der Waals surface area contributed by atoms with Crippen LogP contribution in [0.5, 0.6) is 0 Å². The summed E-state index contributed by atoms with van der Waals surface area (Å²) in [5.41, 5.74) is 6.33. The molecule has 114 valence electrons. The summed E-state index contributed by atoms with van der Waals surface area (Å²) >= 11 is 0. The molecular formula is C20H29N. The van der Waals surface area contributed by atoms with Crippen LogP contribution < -0.4 is 5.32 Å². The molecule has 1 N–H and O–H groups in total. The molecule has 1 atom stereocenters. The monoisotopic (exact) mass is 283 g/mol. The van der Waals surface area contributed by atoms with Crippen molar-refractivity contribution >= 4 is 0 Å². The average molecular weight is 283 g/mol. The van der Waals surface area contributed by atoms with E-state index in [4.69, 9.17) is 0 Å². The van der Waals surface area contributed by atoms with Gasteiger partial charge in [-0.3, -0.25) is 0 Å². The molecule has 0 radical (unpaired) electrons.